The van der Waals surface area contributed by atoms with Gasteiger partial charge in [0.1, 0.15) is 53.2 Å². The molecule has 3 aromatic carbocycles. The van der Waals surface area contributed by atoms with Crippen LogP contribution in [0.25, 0.3) is 33.1 Å². The summed E-state index contributed by atoms with van der Waals surface area (Å²) < 4.78 is 61.0. The third-order valence-electron chi connectivity index (χ3n) is 17.9. The molecule has 9 aromatic rings. The van der Waals surface area contributed by atoms with Gasteiger partial charge in [0.15, 0.2) is 18.9 Å². The Morgan fingerprint density at radius 1 is 0.435 bits per heavy atom. The van der Waals surface area contributed by atoms with Gasteiger partial charge in [0.25, 0.3) is 0 Å². The maximum absolute atomic E-state index is 6.36. The maximum Gasteiger partial charge on any atom is 0.184 e. The Bertz CT molecular complexity index is 3560. The van der Waals surface area contributed by atoms with E-state index >= 15 is 0 Å². The van der Waals surface area contributed by atoms with E-state index < -0.39 is 0 Å². The normalized spacial score (nSPS) is 26.6. The zero-order valence-corrected chi connectivity index (χ0v) is 50.0. The van der Waals surface area contributed by atoms with Crippen LogP contribution in [0, 0.1) is 49.0 Å². The Kier molecular flexibility index (Phi) is 18.2. The second-order valence-electron chi connectivity index (χ2n) is 22.8. The number of fused-ring (bicyclic) bond motifs is 6. The van der Waals surface area contributed by atoms with Crippen molar-refractivity contribution in [3.63, 3.8) is 0 Å². The fourth-order valence-electron chi connectivity index (χ4n) is 13.5. The molecule has 3 saturated carbocycles. The Labute approximate surface area is 511 Å². The summed E-state index contributed by atoms with van der Waals surface area (Å²) in [5, 5.41) is 3.46. The average molecular weight is 1270 g/mol. The summed E-state index contributed by atoms with van der Waals surface area (Å²) in [7, 11) is 5.01. The number of aromatic nitrogens is 9. The van der Waals surface area contributed by atoms with Crippen molar-refractivity contribution in [1.29, 1.82) is 0 Å². The molecule has 6 fully saturated rings. The van der Waals surface area contributed by atoms with Gasteiger partial charge in [-0.3, -0.25) is 0 Å². The van der Waals surface area contributed by atoms with Crippen LogP contribution in [0.1, 0.15) is 130 Å². The standard InChI is InChI=1S/C22H25N3O3.C21H22IN3O3.C21H23N3O3.2CH4/c1-13-10-25(21-20(13)14(2)23-12-24-21)17-8-16-11-27-22(28-19(16)9-17)15-4-6-18(26-3)7-5-15;1-12-19-17(22)9-25(20(19)24-11-23-12)15-7-14-10-27-21(28-18(14)8-15)13-3-5-16(26-2)6-4-13;1-13-18-7-8-24(20(18)23-12-22-13)16-9-15-11-26-21(27-19(15)10-16)14-3-5-17(25-2)6-4-14;;/h4-7,10,12,16-17,19,22H,8-9,11H2,1-3H3;3-6,9,11,14-15,18,21H,7-8,10H2,1-2H3;3-8,12,15-16,19,21H,9-11H2,1-2H3;2*1H4/t16-,17+,19-,22?;14-,15+,18-,21?;15-,16+,19-,21?;;/m000../s1. The lowest BCUT2D eigenvalue weighted by Crippen LogP contribution is -2.32. The van der Waals surface area contributed by atoms with Crippen LogP contribution in [0.4, 0.5) is 0 Å². The summed E-state index contributed by atoms with van der Waals surface area (Å²) in [5.41, 5.74) is 10.5. The molecule has 3 saturated heterocycles. The quantitative estimate of drug-likeness (QED) is 0.125. The number of ether oxygens (including phenoxy) is 9. The molecule has 3 aliphatic heterocycles. The summed E-state index contributed by atoms with van der Waals surface area (Å²) in [6.07, 6.45) is 17.3. The van der Waals surface area contributed by atoms with Crippen molar-refractivity contribution in [2.45, 2.75) is 136 Å². The summed E-state index contributed by atoms with van der Waals surface area (Å²) >= 11 is 2.38. The lowest BCUT2D eigenvalue weighted by atomic mass is 10.1. The van der Waals surface area contributed by atoms with Crippen molar-refractivity contribution in [1.82, 2.24) is 43.6 Å². The fraction of sp³-hybridized carbons (Fsp3) is 0.455. The van der Waals surface area contributed by atoms with Crippen molar-refractivity contribution in [2.75, 3.05) is 41.2 Å². The van der Waals surface area contributed by atoms with Gasteiger partial charge >= 0.3 is 0 Å². The predicted octanol–water partition coefficient (Wildman–Crippen LogP) is 13.6. The topological polar surface area (TPSA) is 175 Å². The van der Waals surface area contributed by atoms with Crippen LogP contribution >= 0.6 is 22.6 Å². The van der Waals surface area contributed by atoms with Gasteiger partial charge in [0.05, 0.1) is 81.9 Å². The molecule has 85 heavy (non-hydrogen) atoms. The monoisotopic (exact) mass is 1270 g/mol. The second kappa shape index (κ2) is 25.8. The van der Waals surface area contributed by atoms with E-state index in [2.05, 4.69) is 97.8 Å². The Balaban J connectivity index is 0.000000131. The van der Waals surface area contributed by atoms with E-state index in [0.717, 1.165) is 137 Å². The van der Waals surface area contributed by atoms with Crippen molar-refractivity contribution >= 4 is 55.7 Å². The Hall–Kier alpha value is -6.59. The van der Waals surface area contributed by atoms with Crippen molar-refractivity contribution in [3.8, 4) is 17.2 Å². The van der Waals surface area contributed by atoms with Crippen LogP contribution in [0.2, 0.25) is 0 Å². The fourth-order valence-corrected chi connectivity index (χ4v) is 14.4. The maximum atomic E-state index is 6.36. The molecule has 6 aromatic heterocycles. The molecule has 18 nitrogen and oxygen atoms in total. The van der Waals surface area contributed by atoms with E-state index in [4.69, 9.17) is 42.6 Å². The minimum absolute atomic E-state index is 0. The molecule has 0 bridgehead atoms. The zero-order valence-electron chi connectivity index (χ0n) is 47.8. The average Bonchev–Trinajstić information content (AvgIpc) is 2.36. The third kappa shape index (κ3) is 12.0. The summed E-state index contributed by atoms with van der Waals surface area (Å²) in [5.74, 6) is 3.77. The number of halogens is 1. The molecule has 0 amide bonds. The van der Waals surface area contributed by atoms with E-state index in [0.29, 0.717) is 35.9 Å². The Morgan fingerprint density at radius 3 is 1.25 bits per heavy atom. The molecule has 448 valence electrons. The number of rotatable bonds is 9. The van der Waals surface area contributed by atoms with Gasteiger partial charge in [-0.15, -0.1) is 0 Å². The largest absolute Gasteiger partial charge is 0.497 e. The lowest BCUT2D eigenvalue weighted by Gasteiger charge is -2.32. The summed E-state index contributed by atoms with van der Waals surface area (Å²) in [6, 6.07) is 27.0. The lowest BCUT2D eigenvalue weighted by molar-refractivity contribution is -0.233. The smallest absolute Gasteiger partial charge is 0.184 e. The zero-order chi connectivity index (χ0) is 56.9. The molecular weight excluding hydrogens is 1190 g/mol. The van der Waals surface area contributed by atoms with Gasteiger partial charge in [0, 0.05) is 85.5 Å². The molecule has 0 N–H and O–H groups in total. The molecule has 0 spiro atoms. The Morgan fingerprint density at radius 2 is 0.812 bits per heavy atom. The molecule has 0 radical (unpaired) electrons. The number of aryl methyl sites for hydroxylation is 4. The van der Waals surface area contributed by atoms with Gasteiger partial charge in [-0.1, -0.05) is 51.3 Å². The van der Waals surface area contributed by atoms with Crippen LogP contribution in [0.3, 0.4) is 0 Å². The van der Waals surface area contributed by atoms with E-state index in [1.54, 1.807) is 40.3 Å². The van der Waals surface area contributed by atoms with Crippen LogP contribution in [0.5, 0.6) is 17.2 Å². The predicted molar refractivity (Wildman–Crippen MR) is 333 cm³/mol. The van der Waals surface area contributed by atoms with Gasteiger partial charge in [0.2, 0.25) is 0 Å². The highest BCUT2D eigenvalue weighted by Gasteiger charge is 2.45. The number of nitrogens with zero attached hydrogens (tertiary/aromatic N) is 9. The van der Waals surface area contributed by atoms with Crippen LogP contribution < -0.4 is 14.2 Å². The minimum Gasteiger partial charge on any atom is -0.497 e. The summed E-state index contributed by atoms with van der Waals surface area (Å²) in [6.45, 7) is 10.4. The second-order valence-corrected chi connectivity index (χ2v) is 24.0. The molecule has 15 rings (SSSR count). The van der Waals surface area contributed by atoms with Crippen molar-refractivity contribution in [3.05, 3.63) is 159 Å². The highest BCUT2D eigenvalue weighted by atomic mass is 127. The van der Waals surface area contributed by atoms with Gasteiger partial charge < -0.3 is 56.3 Å². The molecular formula is C66H78IN9O9. The first-order chi connectivity index (χ1) is 40.5. The number of hydrogen-bond acceptors (Lipinski definition) is 15. The number of methoxy groups -OCH3 is 3. The molecule has 3 aliphatic carbocycles. The van der Waals surface area contributed by atoms with Crippen LogP contribution in [-0.4, -0.2) is 103 Å². The summed E-state index contributed by atoms with van der Waals surface area (Å²) in [4.78, 5) is 26.7. The van der Waals surface area contributed by atoms with Crippen molar-refractivity contribution < 1.29 is 42.6 Å². The number of benzene rings is 3. The van der Waals surface area contributed by atoms with E-state index in [-0.39, 0.29) is 52.0 Å². The third-order valence-corrected chi connectivity index (χ3v) is 18.7. The first kappa shape index (κ1) is 60.1. The van der Waals surface area contributed by atoms with E-state index in [9.17, 15) is 0 Å². The molecule has 3 unspecified atom stereocenters. The van der Waals surface area contributed by atoms with Crippen molar-refractivity contribution in [2.24, 2.45) is 17.8 Å². The van der Waals surface area contributed by atoms with E-state index in [1.807, 2.05) is 93.6 Å². The van der Waals surface area contributed by atoms with Gasteiger partial charge in [-0.2, -0.15) is 0 Å². The highest BCUT2D eigenvalue weighted by Crippen LogP contribution is 2.48. The molecule has 19 heteroatoms. The first-order valence-electron chi connectivity index (χ1n) is 28.8. The first-order valence-corrected chi connectivity index (χ1v) is 29.9. The SMILES string of the molecule is C.C.COc1ccc(C2OC[C@@H]3C[C@@H](n4cc(C)c5c(C)ncnc54)C[C@@H]3O2)cc1.COc1ccc(C2OC[C@@H]3C[C@@H](n4cc(I)c5c(C)ncnc54)C[C@@H]3O2)cc1.COc1ccc(C2OC[C@@H]3C[C@@H](n4ccc5c(C)ncnc54)C[C@@H]3O2)cc1. The minimum atomic E-state index is -0.308. The number of hydrogen-bond donors (Lipinski definition) is 0. The van der Waals surface area contributed by atoms with Gasteiger partial charge in [-0.25, -0.2) is 29.9 Å². The van der Waals surface area contributed by atoms with Gasteiger partial charge in [-0.05, 0) is 137 Å². The molecule has 6 aliphatic rings. The van der Waals surface area contributed by atoms with Crippen LogP contribution in [-0.2, 0) is 28.4 Å². The molecule has 9 heterocycles. The van der Waals surface area contributed by atoms with Crippen LogP contribution in [0.15, 0.2) is 116 Å². The molecule has 12 atom stereocenters. The van der Waals surface area contributed by atoms with E-state index in [1.165, 1.54) is 14.5 Å². The highest BCUT2D eigenvalue weighted by molar-refractivity contribution is 14.1.